The van der Waals surface area contributed by atoms with Crippen LogP contribution in [0.5, 0.6) is 0 Å². The van der Waals surface area contributed by atoms with Crippen molar-refractivity contribution in [3.05, 3.63) is 48.0 Å². The van der Waals surface area contributed by atoms with Crippen molar-refractivity contribution in [2.45, 2.75) is 26.0 Å². The fourth-order valence-electron chi connectivity index (χ4n) is 3.87. The van der Waals surface area contributed by atoms with Crippen molar-refractivity contribution in [2.24, 2.45) is 23.7 Å². The van der Waals surface area contributed by atoms with Crippen molar-refractivity contribution in [1.82, 2.24) is 5.32 Å². The van der Waals surface area contributed by atoms with E-state index >= 15 is 0 Å². The van der Waals surface area contributed by atoms with Gasteiger partial charge in [-0.3, -0.25) is 0 Å². The molecule has 0 saturated heterocycles. The lowest BCUT2D eigenvalue weighted by molar-refractivity contribution is -0.0252. The zero-order valence-electron chi connectivity index (χ0n) is 12.8. The number of aliphatic hydroxyl groups excluding tert-OH is 1. The second kappa shape index (κ2) is 6.53. The van der Waals surface area contributed by atoms with Crippen LogP contribution in [0.3, 0.4) is 0 Å². The minimum absolute atomic E-state index is 0.0430. The Bertz CT molecular complexity index is 543. The van der Waals surface area contributed by atoms with E-state index in [0.29, 0.717) is 23.7 Å². The van der Waals surface area contributed by atoms with E-state index in [1.165, 1.54) is 0 Å². The van der Waals surface area contributed by atoms with Crippen LogP contribution in [0.15, 0.2) is 42.5 Å². The average Bonchev–Trinajstić information content (AvgIpc) is 2.53. The van der Waals surface area contributed by atoms with Gasteiger partial charge in [-0.15, -0.1) is 0 Å². The topological polar surface area (TPSA) is 58.6 Å². The van der Waals surface area contributed by atoms with E-state index < -0.39 is 6.09 Å². The van der Waals surface area contributed by atoms with Gasteiger partial charge in [0.15, 0.2) is 0 Å². The summed E-state index contributed by atoms with van der Waals surface area (Å²) in [5.41, 5.74) is 0.954. The van der Waals surface area contributed by atoms with Crippen LogP contribution in [0.25, 0.3) is 0 Å². The first-order valence-electron chi connectivity index (χ1n) is 8.01. The SMILES string of the molecule is CC[C@@H]1C2C=C[C@@H]2[C@@H]1[C@@H](CO)NC(=O)OCc1ccccc1. The average molecular weight is 301 g/mol. The van der Waals surface area contributed by atoms with E-state index in [4.69, 9.17) is 4.74 Å². The number of hydrogen-bond acceptors (Lipinski definition) is 3. The van der Waals surface area contributed by atoms with Crippen LogP contribution in [0.2, 0.25) is 0 Å². The molecule has 0 aromatic heterocycles. The van der Waals surface area contributed by atoms with Gasteiger partial charge in [0, 0.05) is 0 Å². The van der Waals surface area contributed by atoms with Crippen LogP contribution in [0.1, 0.15) is 18.9 Å². The normalized spacial score (nSPS) is 29.7. The summed E-state index contributed by atoms with van der Waals surface area (Å²) in [6.45, 7) is 2.37. The Morgan fingerprint density at radius 2 is 2.00 bits per heavy atom. The van der Waals surface area contributed by atoms with Gasteiger partial charge in [-0.2, -0.15) is 0 Å². The van der Waals surface area contributed by atoms with Gasteiger partial charge in [0.05, 0.1) is 12.6 Å². The van der Waals surface area contributed by atoms with Crippen molar-refractivity contribution in [3.8, 4) is 0 Å². The lowest BCUT2D eigenvalue weighted by atomic mass is 9.49. The maximum absolute atomic E-state index is 12.0. The van der Waals surface area contributed by atoms with E-state index in [9.17, 15) is 9.90 Å². The Morgan fingerprint density at radius 3 is 2.59 bits per heavy atom. The van der Waals surface area contributed by atoms with Crippen LogP contribution in [-0.2, 0) is 11.3 Å². The van der Waals surface area contributed by atoms with Crippen molar-refractivity contribution in [2.75, 3.05) is 6.61 Å². The third-order valence-electron chi connectivity index (χ3n) is 5.08. The van der Waals surface area contributed by atoms with Crippen LogP contribution >= 0.6 is 0 Å². The number of nitrogens with one attached hydrogen (secondary N) is 1. The molecule has 4 heteroatoms. The van der Waals surface area contributed by atoms with Crippen molar-refractivity contribution >= 4 is 6.09 Å². The van der Waals surface area contributed by atoms with Crippen LogP contribution in [-0.4, -0.2) is 23.8 Å². The Morgan fingerprint density at radius 1 is 1.27 bits per heavy atom. The highest BCUT2D eigenvalue weighted by molar-refractivity contribution is 5.67. The molecule has 22 heavy (non-hydrogen) atoms. The molecule has 0 bridgehead atoms. The number of alkyl carbamates (subject to hydrolysis) is 1. The molecule has 1 unspecified atom stereocenters. The molecule has 5 atom stereocenters. The molecule has 0 radical (unpaired) electrons. The number of carbonyl (C=O) groups is 1. The molecule has 4 nitrogen and oxygen atoms in total. The molecule has 2 aliphatic rings. The fraction of sp³-hybridized carbons (Fsp3) is 0.500. The molecule has 1 saturated carbocycles. The molecule has 0 heterocycles. The summed E-state index contributed by atoms with van der Waals surface area (Å²) in [5.74, 6) is 2.04. The summed E-state index contributed by atoms with van der Waals surface area (Å²) in [6.07, 6.45) is 5.07. The summed E-state index contributed by atoms with van der Waals surface area (Å²) in [7, 11) is 0. The lowest BCUT2D eigenvalue weighted by Crippen LogP contribution is -2.59. The number of allylic oxidation sites excluding steroid dienone is 2. The molecule has 3 rings (SSSR count). The Balaban J connectivity index is 1.52. The van der Waals surface area contributed by atoms with E-state index in [1.807, 2.05) is 30.3 Å². The zero-order valence-corrected chi connectivity index (χ0v) is 12.8. The molecular formula is C18H23NO3. The van der Waals surface area contributed by atoms with E-state index in [-0.39, 0.29) is 19.3 Å². The number of fused-ring (bicyclic) bond motifs is 1. The molecule has 0 aliphatic heterocycles. The first kappa shape index (κ1) is 15.1. The number of carbonyl (C=O) groups excluding carboxylic acids is 1. The van der Waals surface area contributed by atoms with Gasteiger partial charge >= 0.3 is 6.09 Å². The lowest BCUT2D eigenvalue weighted by Gasteiger charge is -2.57. The van der Waals surface area contributed by atoms with Crippen LogP contribution < -0.4 is 5.32 Å². The number of hydrogen-bond donors (Lipinski definition) is 2. The predicted molar refractivity (Wildman–Crippen MR) is 84.0 cm³/mol. The van der Waals surface area contributed by atoms with Gasteiger partial charge in [-0.25, -0.2) is 4.79 Å². The van der Waals surface area contributed by atoms with Crippen LogP contribution in [0.4, 0.5) is 4.79 Å². The summed E-state index contributed by atoms with van der Waals surface area (Å²) in [5, 5.41) is 12.5. The first-order valence-corrected chi connectivity index (χ1v) is 8.01. The smallest absolute Gasteiger partial charge is 0.407 e. The van der Waals surface area contributed by atoms with Crippen molar-refractivity contribution in [3.63, 3.8) is 0 Å². The summed E-state index contributed by atoms with van der Waals surface area (Å²) in [4.78, 5) is 12.0. The molecule has 2 aliphatic carbocycles. The minimum Gasteiger partial charge on any atom is -0.445 e. The summed E-state index contributed by atoms with van der Waals surface area (Å²) in [6, 6.07) is 9.36. The second-order valence-corrected chi connectivity index (χ2v) is 6.18. The molecule has 118 valence electrons. The monoisotopic (exact) mass is 301 g/mol. The van der Waals surface area contributed by atoms with Gasteiger partial charge in [0.25, 0.3) is 0 Å². The second-order valence-electron chi connectivity index (χ2n) is 6.18. The third kappa shape index (κ3) is 2.75. The molecule has 1 aromatic carbocycles. The Hall–Kier alpha value is -1.81. The van der Waals surface area contributed by atoms with Gasteiger partial charge < -0.3 is 15.2 Å². The summed E-state index contributed by atoms with van der Waals surface area (Å²) >= 11 is 0. The maximum atomic E-state index is 12.0. The molecule has 1 fully saturated rings. The van der Waals surface area contributed by atoms with Gasteiger partial charge in [0.2, 0.25) is 0 Å². The fourth-order valence-corrected chi connectivity index (χ4v) is 3.87. The number of ether oxygens (including phenoxy) is 1. The quantitative estimate of drug-likeness (QED) is 0.794. The number of rotatable bonds is 6. The molecular weight excluding hydrogens is 278 g/mol. The molecule has 2 N–H and O–H groups in total. The van der Waals surface area contributed by atoms with E-state index in [2.05, 4.69) is 24.4 Å². The first-order chi connectivity index (χ1) is 10.7. The van der Waals surface area contributed by atoms with Crippen molar-refractivity contribution in [1.29, 1.82) is 0 Å². The molecule has 0 spiro atoms. The van der Waals surface area contributed by atoms with E-state index in [1.54, 1.807) is 0 Å². The van der Waals surface area contributed by atoms with Crippen molar-refractivity contribution < 1.29 is 14.6 Å². The molecule has 1 amide bonds. The number of aliphatic hydroxyl groups is 1. The Kier molecular flexibility index (Phi) is 4.48. The summed E-state index contributed by atoms with van der Waals surface area (Å²) < 4.78 is 5.25. The highest BCUT2D eigenvalue weighted by Gasteiger charge is 2.53. The third-order valence-corrected chi connectivity index (χ3v) is 5.08. The highest BCUT2D eigenvalue weighted by atomic mass is 16.5. The van der Waals surface area contributed by atoms with E-state index in [0.717, 1.165) is 12.0 Å². The highest BCUT2D eigenvalue weighted by Crippen LogP contribution is 2.56. The van der Waals surface area contributed by atoms with Gasteiger partial charge in [-0.05, 0) is 29.2 Å². The van der Waals surface area contributed by atoms with Crippen LogP contribution in [0, 0.1) is 23.7 Å². The standard InChI is InChI=1S/C18H23NO3/c1-2-13-14-8-9-15(14)17(13)16(10-20)19-18(21)22-11-12-6-4-3-5-7-12/h3-9,13-17,20H,2,10-11H2,1H3,(H,19,21)/t13-,14?,15+,16-,17-/m1/s1. The van der Waals surface area contributed by atoms with Gasteiger partial charge in [0.1, 0.15) is 6.61 Å². The molecule has 1 aromatic rings. The predicted octanol–water partition coefficient (Wildman–Crippen LogP) is 2.73. The van der Waals surface area contributed by atoms with Gasteiger partial charge in [-0.1, -0.05) is 55.8 Å². The maximum Gasteiger partial charge on any atom is 0.407 e. The minimum atomic E-state index is -0.454. The zero-order chi connectivity index (χ0) is 15.5. The number of amides is 1. The Labute approximate surface area is 131 Å². The largest absolute Gasteiger partial charge is 0.445 e. The number of benzene rings is 1.